The van der Waals surface area contributed by atoms with Gasteiger partial charge in [-0.15, -0.1) is 0 Å². The molecule has 0 radical (unpaired) electrons. The van der Waals surface area contributed by atoms with Gasteiger partial charge in [-0.25, -0.2) is 8.78 Å². The normalized spacial score (nSPS) is 26.5. The number of halogens is 2. The van der Waals surface area contributed by atoms with E-state index in [1.807, 2.05) is 6.92 Å². The zero-order valence-electron chi connectivity index (χ0n) is 11.0. The highest BCUT2D eigenvalue weighted by Gasteiger charge is 2.47. The molecule has 2 aliphatic rings. The second-order valence-corrected chi connectivity index (χ2v) is 5.04. The summed E-state index contributed by atoms with van der Waals surface area (Å²) in [5.41, 5.74) is 0.491. The Morgan fingerprint density at radius 1 is 1.58 bits per heavy atom. The van der Waals surface area contributed by atoms with Gasteiger partial charge in [0.2, 0.25) is 0 Å². The first-order chi connectivity index (χ1) is 8.98. The van der Waals surface area contributed by atoms with Crippen LogP contribution in [0.5, 0.6) is 0 Å². The number of aliphatic hydroxyl groups is 1. The van der Waals surface area contributed by atoms with Crippen LogP contribution in [-0.4, -0.2) is 47.6 Å². The Labute approximate surface area is 111 Å². The highest BCUT2D eigenvalue weighted by molar-refractivity contribution is 5.94. The lowest BCUT2D eigenvalue weighted by Gasteiger charge is -2.27. The van der Waals surface area contributed by atoms with E-state index in [9.17, 15) is 13.6 Å². The van der Waals surface area contributed by atoms with E-state index in [4.69, 9.17) is 9.84 Å². The van der Waals surface area contributed by atoms with Crippen LogP contribution >= 0.6 is 0 Å². The Balaban J connectivity index is 2.21. The number of carbonyl (C=O) groups is 1. The lowest BCUT2D eigenvalue weighted by Crippen LogP contribution is -2.40. The molecule has 1 amide bonds. The summed E-state index contributed by atoms with van der Waals surface area (Å²) >= 11 is 0. The minimum atomic E-state index is -2.91. The van der Waals surface area contributed by atoms with E-state index in [1.165, 1.54) is 0 Å². The molecule has 6 heteroatoms. The van der Waals surface area contributed by atoms with Crippen molar-refractivity contribution in [2.45, 2.75) is 44.6 Å². The van der Waals surface area contributed by atoms with Crippen LogP contribution in [0.15, 0.2) is 11.3 Å². The number of hydrogen-bond acceptors (Lipinski definition) is 3. The largest absolute Gasteiger partial charge is 0.497 e. The molecule has 4 nitrogen and oxygen atoms in total. The van der Waals surface area contributed by atoms with Crippen molar-refractivity contribution in [1.82, 2.24) is 4.90 Å². The Hall–Kier alpha value is -1.17. The number of likely N-dealkylation sites (tertiary alicyclic amines) is 1. The molecule has 1 atom stereocenters. The van der Waals surface area contributed by atoms with Crippen LogP contribution in [0.2, 0.25) is 0 Å². The second kappa shape index (κ2) is 5.45. The van der Waals surface area contributed by atoms with Gasteiger partial charge in [-0.2, -0.15) is 0 Å². The number of hydrogen-bond donors (Lipinski definition) is 1. The Morgan fingerprint density at radius 3 is 2.95 bits per heavy atom. The van der Waals surface area contributed by atoms with Gasteiger partial charge in [-0.05, 0) is 12.8 Å². The van der Waals surface area contributed by atoms with E-state index in [0.717, 1.165) is 11.3 Å². The number of rotatable bonds is 3. The third-order valence-electron chi connectivity index (χ3n) is 3.61. The zero-order chi connectivity index (χ0) is 14.0. The summed E-state index contributed by atoms with van der Waals surface area (Å²) in [4.78, 5) is 13.5. The lowest BCUT2D eigenvalue weighted by atomic mass is 10.0. The van der Waals surface area contributed by atoms with Gasteiger partial charge in [-0.3, -0.25) is 4.79 Å². The van der Waals surface area contributed by atoms with E-state index < -0.39 is 37.4 Å². The van der Waals surface area contributed by atoms with Gasteiger partial charge in [0, 0.05) is 12.8 Å². The molecule has 0 bridgehead atoms. The molecule has 0 aromatic heterocycles. The quantitative estimate of drug-likeness (QED) is 0.852. The molecule has 0 aromatic rings. The standard InChI is InChI=1S/C13H19F2NO3/c1-2-11-10(4-3-5-19-11)12(18)16-8-13(14,15)6-9(16)7-17/h9,17H,2-8H2,1H3. The van der Waals surface area contributed by atoms with Crippen LogP contribution in [0.3, 0.4) is 0 Å². The smallest absolute Gasteiger partial charge is 0.267 e. The number of allylic oxidation sites excluding steroid dienone is 1. The number of aliphatic hydroxyl groups excluding tert-OH is 1. The zero-order valence-corrected chi connectivity index (χ0v) is 11.0. The molecule has 0 spiro atoms. The highest BCUT2D eigenvalue weighted by atomic mass is 19.3. The fraction of sp³-hybridized carbons (Fsp3) is 0.769. The van der Waals surface area contributed by atoms with Crippen LogP contribution in [0.4, 0.5) is 8.78 Å². The third kappa shape index (κ3) is 2.88. The van der Waals surface area contributed by atoms with Crippen LogP contribution in [0, 0.1) is 0 Å². The summed E-state index contributed by atoms with van der Waals surface area (Å²) in [6.45, 7) is 1.39. The monoisotopic (exact) mass is 275 g/mol. The predicted octanol–water partition coefficient (Wildman–Crippen LogP) is 1.69. The second-order valence-electron chi connectivity index (χ2n) is 5.04. The first-order valence-corrected chi connectivity index (χ1v) is 6.63. The van der Waals surface area contributed by atoms with E-state index in [-0.39, 0.29) is 0 Å². The molecule has 1 saturated heterocycles. The predicted molar refractivity (Wildman–Crippen MR) is 64.7 cm³/mol. The number of amides is 1. The number of ether oxygens (including phenoxy) is 1. The summed E-state index contributed by atoms with van der Waals surface area (Å²) < 4.78 is 32.2. The maximum Gasteiger partial charge on any atom is 0.267 e. The average molecular weight is 275 g/mol. The Morgan fingerprint density at radius 2 is 2.32 bits per heavy atom. The van der Waals surface area contributed by atoms with Gasteiger partial charge >= 0.3 is 0 Å². The number of alkyl halides is 2. The molecular formula is C13H19F2NO3. The van der Waals surface area contributed by atoms with Gasteiger partial charge in [0.25, 0.3) is 11.8 Å². The third-order valence-corrected chi connectivity index (χ3v) is 3.61. The molecule has 2 aliphatic heterocycles. The Kier molecular flexibility index (Phi) is 4.08. The van der Waals surface area contributed by atoms with Gasteiger partial charge in [-0.1, -0.05) is 6.92 Å². The van der Waals surface area contributed by atoms with Gasteiger partial charge in [0.1, 0.15) is 5.76 Å². The molecule has 19 heavy (non-hydrogen) atoms. The van der Waals surface area contributed by atoms with Crippen LogP contribution in [0.25, 0.3) is 0 Å². The van der Waals surface area contributed by atoms with Crippen molar-refractivity contribution in [2.24, 2.45) is 0 Å². The summed E-state index contributed by atoms with van der Waals surface area (Å²) in [6.07, 6.45) is 1.39. The minimum Gasteiger partial charge on any atom is -0.497 e. The first-order valence-electron chi connectivity index (χ1n) is 6.63. The molecule has 0 aliphatic carbocycles. The van der Waals surface area contributed by atoms with Crippen LogP contribution < -0.4 is 0 Å². The summed E-state index contributed by atoms with van der Waals surface area (Å²) in [7, 11) is 0. The summed E-state index contributed by atoms with van der Waals surface area (Å²) in [6, 6.07) is -0.796. The van der Waals surface area contributed by atoms with Crippen LogP contribution in [-0.2, 0) is 9.53 Å². The molecule has 2 rings (SSSR count). The highest BCUT2D eigenvalue weighted by Crippen LogP contribution is 2.34. The number of nitrogens with zero attached hydrogens (tertiary/aromatic N) is 1. The first kappa shape index (κ1) is 14.2. The van der Waals surface area contributed by atoms with E-state index in [2.05, 4.69) is 0 Å². The summed E-state index contributed by atoms with van der Waals surface area (Å²) in [5, 5.41) is 9.16. The van der Waals surface area contributed by atoms with Crippen molar-refractivity contribution in [3.05, 3.63) is 11.3 Å². The summed E-state index contributed by atoms with van der Waals surface area (Å²) in [5.74, 6) is -2.72. The van der Waals surface area contributed by atoms with Crippen molar-refractivity contribution in [1.29, 1.82) is 0 Å². The van der Waals surface area contributed by atoms with E-state index >= 15 is 0 Å². The molecule has 2 heterocycles. The fourth-order valence-electron chi connectivity index (χ4n) is 2.68. The van der Waals surface area contributed by atoms with E-state index in [0.29, 0.717) is 30.8 Å². The van der Waals surface area contributed by atoms with Gasteiger partial charge in [0.05, 0.1) is 31.4 Å². The maximum absolute atomic E-state index is 13.4. The molecule has 0 aromatic carbocycles. The van der Waals surface area contributed by atoms with E-state index in [1.54, 1.807) is 0 Å². The van der Waals surface area contributed by atoms with Gasteiger partial charge < -0.3 is 14.7 Å². The maximum atomic E-state index is 13.4. The molecule has 1 fully saturated rings. The topological polar surface area (TPSA) is 49.8 Å². The van der Waals surface area contributed by atoms with Crippen molar-refractivity contribution in [3.63, 3.8) is 0 Å². The molecule has 0 saturated carbocycles. The van der Waals surface area contributed by atoms with Crippen molar-refractivity contribution in [3.8, 4) is 0 Å². The van der Waals surface area contributed by atoms with Crippen molar-refractivity contribution in [2.75, 3.05) is 19.8 Å². The fourth-order valence-corrected chi connectivity index (χ4v) is 2.68. The van der Waals surface area contributed by atoms with Crippen LogP contribution in [0.1, 0.15) is 32.6 Å². The average Bonchev–Trinajstić information content (AvgIpc) is 2.73. The molecule has 1 unspecified atom stereocenters. The molecular weight excluding hydrogens is 256 g/mol. The lowest BCUT2D eigenvalue weighted by molar-refractivity contribution is -0.130. The SMILES string of the molecule is CCC1=C(C(=O)N2CC(F)(F)CC2CO)CCCO1. The van der Waals surface area contributed by atoms with Gasteiger partial charge in [0.15, 0.2) is 0 Å². The Bertz CT molecular complexity index is 395. The molecule has 108 valence electrons. The van der Waals surface area contributed by atoms with Crippen molar-refractivity contribution >= 4 is 5.91 Å². The number of carbonyl (C=O) groups excluding carboxylic acids is 1. The molecule has 1 N–H and O–H groups in total. The van der Waals surface area contributed by atoms with Crippen molar-refractivity contribution < 1.29 is 23.4 Å². The minimum absolute atomic E-state index is 0.409.